The lowest BCUT2D eigenvalue weighted by molar-refractivity contribution is -0.00694. The Morgan fingerprint density at radius 2 is 1.21 bits per heavy atom. The number of benzene rings is 2. The second-order valence-corrected chi connectivity index (χ2v) is 15.2. The first kappa shape index (κ1) is 30.5. The largest absolute Gasteiger partial charge is 0.352 e. The highest BCUT2D eigenvalue weighted by molar-refractivity contribution is 7.54. The smallest absolute Gasteiger partial charge is 0.304 e. The summed E-state index contributed by atoms with van der Waals surface area (Å²) in [6.45, 7) is 14.3. The van der Waals surface area contributed by atoms with Gasteiger partial charge in [-0.15, -0.1) is 0 Å². The molecule has 39 heavy (non-hydrogen) atoms. The predicted molar refractivity (Wildman–Crippen MR) is 163 cm³/mol. The van der Waals surface area contributed by atoms with Gasteiger partial charge in [0.1, 0.15) is 5.78 Å². The SMILES string of the molecule is CC1CCC(C(C)C)C(OP(=O)(OC2CC(C)CCC2C(C)C)C(NCc2ccccc2)c2ccccc2)C1. The number of rotatable bonds is 11. The van der Waals surface area contributed by atoms with E-state index in [1.54, 1.807) is 0 Å². The minimum atomic E-state index is -3.64. The fourth-order valence-electron chi connectivity index (χ4n) is 6.85. The van der Waals surface area contributed by atoms with Crippen LogP contribution in [-0.2, 0) is 20.2 Å². The lowest BCUT2D eigenvalue weighted by atomic mass is 9.75. The molecule has 2 fully saturated rings. The Morgan fingerprint density at radius 1 is 0.744 bits per heavy atom. The minimum absolute atomic E-state index is 0.0668. The van der Waals surface area contributed by atoms with Crippen LogP contribution in [0.1, 0.15) is 97.0 Å². The monoisotopic (exact) mass is 553 g/mol. The molecule has 2 aliphatic carbocycles. The van der Waals surface area contributed by atoms with E-state index in [1.807, 2.05) is 24.3 Å². The summed E-state index contributed by atoms with van der Waals surface area (Å²) >= 11 is 0. The fourth-order valence-corrected chi connectivity index (χ4v) is 9.24. The van der Waals surface area contributed by atoms with Crippen LogP contribution in [-0.4, -0.2) is 12.2 Å². The van der Waals surface area contributed by atoms with E-state index in [1.165, 1.54) is 12.8 Å². The van der Waals surface area contributed by atoms with Crippen LogP contribution in [0.3, 0.4) is 0 Å². The first-order valence-electron chi connectivity index (χ1n) is 15.4. The van der Waals surface area contributed by atoms with Gasteiger partial charge in [-0.3, -0.25) is 9.88 Å². The van der Waals surface area contributed by atoms with E-state index in [-0.39, 0.29) is 12.2 Å². The van der Waals surface area contributed by atoms with Crippen LogP contribution in [0.5, 0.6) is 0 Å². The summed E-state index contributed by atoms with van der Waals surface area (Å²) in [6.07, 6.45) is 6.38. The van der Waals surface area contributed by atoms with E-state index >= 15 is 4.57 Å². The molecular weight excluding hydrogens is 501 g/mol. The van der Waals surface area contributed by atoms with E-state index in [9.17, 15) is 0 Å². The zero-order valence-corrected chi connectivity index (χ0v) is 26.0. The lowest BCUT2D eigenvalue weighted by Crippen LogP contribution is -2.38. The molecule has 0 bridgehead atoms. The first-order valence-corrected chi connectivity index (χ1v) is 17.1. The molecule has 0 aliphatic heterocycles. The molecule has 216 valence electrons. The van der Waals surface area contributed by atoms with Gasteiger partial charge in [-0.1, -0.05) is 115 Å². The molecule has 7 atom stereocenters. The van der Waals surface area contributed by atoms with Crippen molar-refractivity contribution in [2.45, 2.75) is 105 Å². The van der Waals surface area contributed by atoms with Crippen molar-refractivity contribution in [1.82, 2.24) is 5.32 Å². The summed E-state index contributed by atoms with van der Waals surface area (Å²) in [4.78, 5) is 0. The van der Waals surface area contributed by atoms with Crippen molar-refractivity contribution in [1.29, 1.82) is 0 Å². The van der Waals surface area contributed by atoms with Gasteiger partial charge in [0, 0.05) is 6.54 Å². The number of hydrogen-bond donors (Lipinski definition) is 1. The summed E-state index contributed by atoms with van der Waals surface area (Å²) < 4.78 is 29.4. The number of nitrogens with one attached hydrogen (secondary N) is 1. The minimum Gasteiger partial charge on any atom is -0.304 e. The van der Waals surface area contributed by atoms with Crippen LogP contribution in [0.25, 0.3) is 0 Å². The molecule has 2 aromatic carbocycles. The summed E-state index contributed by atoms with van der Waals surface area (Å²) in [7, 11) is -3.64. The quantitative estimate of drug-likeness (QED) is 0.281. The summed E-state index contributed by atoms with van der Waals surface area (Å²) in [5, 5.41) is 3.67. The maximum atomic E-state index is 15.5. The van der Waals surface area contributed by atoms with Gasteiger partial charge >= 0.3 is 7.60 Å². The topological polar surface area (TPSA) is 47.6 Å². The molecule has 2 aliphatic rings. The Bertz CT molecular complexity index is 1000. The van der Waals surface area contributed by atoms with Crippen molar-refractivity contribution in [2.24, 2.45) is 35.5 Å². The van der Waals surface area contributed by atoms with Crippen molar-refractivity contribution in [2.75, 3.05) is 0 Å². The van der Waals surface area contributed by atoms with Crippen LogP contribution < -0.4 is 5.32 Å². The van der Waals surface area contributed by atoms with Crippen LogP contribution >= 0.6 is 7.60 Å². The van der Waals surface area contributed by atoms with Crippen molar-refractivity contribution in [3.05, 3.63) is 71.8 Å². The van der Waals surface area contributed by atoms with Crippen molar-refractivity contribution in [3.63, 3.8) is 0 Å². The molecule has 0 spiro atoms. The highest BCUT2D eigenvalue weighted by Gasteiger charge is 2.46. The summed E-state index contributed by atoms with van der Waals surface area (Å²) in [5.74, 6) is 2.30. The number of hydrogen-bond acceptors (Lipinski definition) is 4. The third-order valence-corrected chi connectivity index (χ3v) is 11.5. The Kier molecular flexibility index (Phi) is 10.9. The van der Waals surface area contributed by atoms with E-state index < -0.39 is 13.4 Å². The molecule has 1 N–H and O–H groups in total. The normalized spacial score (nSPS) is 30.3. The molecular formula is C34H52NO3P. The standard InChI is InChI=1S/C34H52NO3P/c1-24(2)30-19-17-26(5)21-32(30)37-39(36,38-33-22-27(6)18-20-31(33)25(3)4)34(29-15-11-8-12-16-29)35-23-28-13-9-7-10-14-28/h7-16,24-27,30-35H,17-23H2,1-6H3. The molecule has 2 saturated carbocycles. The molecule has 5 heteroatoms. The molecule has 0 heterocycles. The van der Waals surface area contributed by atoms with Gasteiger partial charge in [0.15, 0.2) is 0 Å². The average Bonchev–Trinajstić information content (AvgIpc) is 2.89. The Hall–Kier alpha value is -1.45. The van der Waals surface area contributed by atoms with Gasteiger partial charge < -0.3 is 9.05 Å². The third kappa shape index (κ3) is 8.07. The second-order valence-electron chi connectivity index (χ2n) is 13.2. The molecule has 4 rings (SSSR count). The van der Waals surface area contributed by atoms with Gasteiger partial charge in [-0.25, -0.2) is 0 Å². The van der Waals surface area contributed by atoms with Gasteiger partial charge in [-0.2, -0.15) is 0 Å². The zero-order valence-electron chi connectivity index (χ0n) is 25.1. The molecule has 7 unspecified atom stereocenters. The van der Waals surface area contributed by atoms with E-state index in [0.29, 0.717) is 42.1 Å². The molecule has 0 aromatic heterocycles. The second kappa shape index (κ2) is 13.9. The Labute approximate surface area is 238 Å². The van der Waals surface area contributed by atoms with Crippen molar-refractivity contribution < 1.29 is 13.6 Å². The first-order chi connectivity index (χ1) is 18.7. The third-order valence-electron chi connectivity index (χ3n) is 9.26. The summed E-state index contributed by atoms with van der Waals surface area (Å²) in [5.41, 5.74) is 2.12. The van der Waals surface area contributed by atoms with Crippen molar-refractivity contribution >= 4 is 7.60 Å². The van der Waals surface area contributed by atoms with E-state index in [0.717, 1.165) is 36.8 Å². The molecule has 0 saturated heterocycles. The van der Waals surface area contributed by atoms with Crippen LogP contribution in [0.2, 0.25) is 0 Å². The average molecular weight is 554 g/mol. The maximum Gasteiger partial charge on any atom is 0.352 e. The molecule has 4 nitrogen and oxygen atoms in total. The van der Waals surface area contributed by atoms with Gasteiger partial charge in [0.2, 0.25) is 0 Å². The molecule has 0 amide bonds. The summed E-state index contributed by atoms with van der Waals surface area (Å²) in [6, 6.07) is 20.5. The van der Waals surface area contributed by atoms with Crippen molar-refractivity contribution in [3.8, 4) is 0 Å². The predicted octanol–water partition coefficient (Wildman–Crippen LogP) is 9.62. The van der Waals surface area contributed by atoms with E-state index in [4.69, 9.17) is 9.05 Å². The highest BCUT2D eigenvalue weighted by Crippen LogP contribution is 2.64. The molecule has 2 aromatic rings. The van der Waals surface area contributed by atoms with Crippen LogP contribution in [0, 0.1) is 35.5 Å². The Balaban J connectivity index is 1.73. The van der Waals surface area contributed by atoms with Crippen LogP contribution in [0.4, 0.5) is 0 Å². The highest BCUT2D eigenvalue weighted by atomic mass is 31.2. The molecule has 0 radical (unpaired) electrons. The zero-order chi connectivity index (χ0) is 28.0. The van der Waals surface area contributed by atoms with Crippen LogP contribution in [0.15, 0.2) is 60.7 Å². The maximum absolute atomic E-state index is 15.5. The van der Waals surface area contributed by atoms with E-state index in [2.05, 4.69) is 83.3 Å². The Morgan fingerprint density at radius 3 is 1.67 bits per heavy atom. The van der Waals surface area contributed by atoms with Gasteiger partial charge in [0.25, 0.3) is 0 Å². The lowest BCUT2D eigenvalue weighted by Gasteiger charge is -2.43. The fraction of sp³-hybridized carbons (Fsp3) is 0.647. The van der Waals surface area contributed by atoms with Gasteiger partial charge in [0.05, 0.1) is 12.2 Å². The van der Waals surface area contributed by atoms with Gasteiger partial charge in [-0.05, 0) is 72.3 Å².